The van der Waals surface area contributed by atoms with Crippen molar-refractivity contribution in [2.45, 2.75) is 38.5 Å². The van der Waals surface area contributed by atoms with Crippen LogP contribution >= 0.6 is 15.9 Å². The standard InChI is InChI=1S/C15H20BrNO/c1-2-4-15(18)17-9-7-12(8-10-17)13-5-3-6-14(16)11-13/h3,5-6,11-12H,2,4,7-10H2,1H3. The summed E-state index contributed by atoms with van der Waals surface area (Å²) in [6.45, 7) is 3.89. The molecule has 1 saturated heterocycles. The smallest absolute Gasteiger partial charge is 0.222 e. The third-order valence-corrected chi connectivity index (χ3v) is 4.12. The minimum atomic E-state index is 0.324. The lowest BCUT2D eigenvalue weighted by Gasteiger charge is -2.32. The number of halogens is 1. The van der Waals surface area contributed by atoms with Crippen LogP contribution in [0.2, 0.25) is 0 Å². The Morgan fingerprint density at radius 1 is 1.39 bits per heavy atom. The zero-order chi connectivity index (χ0) is 13.0. The molecule has 1 fully saturated rings. The van der Waals surface area contributed by atoms with E-state index in [9.17, 15) is 4.79 Å². The van der Waals surface area contributed by atoms with Crippen LogP contribution in [0, 0.1) is 0 Å². The lowest BCUT2D eigenvalue weighted by atomic mass is 9.89. The van der Waals surface area contributed by atoms with Crippen molar-refractivity contribution in [3.8, 4) is 0 Å². The van der Waals surface area contributed by atoms with Crippen LogP contribution in [-0.2, 0) is 4.79 Å². The van der Waals surface area contributed by atoms with Gasteiger partial charge in [0.15, 0.2) is 0 Å². The van der Waals surface area contributed by atoms with E-state index in [2.05, 4.69) is 47.1 Å². The highest BCUT2D eigenvalue weighted by Crippen LogP contribution is 2.29. The van der Waals surface area contributed by atoms with Crippen molar-refractivity contribution in [2.24, 2.45) is 0 Å². The van der Waals surface area contributed by atoms with Gasteiger partial charge < -0.3 is 4.90 Å². The number of carbonyl (C=O) groups is 1. The molecule has 98 valence electrons. The third kappa shape index (κ3) is 3.35. The Labute approximate surface area is 117 Å². The summed E-state index contributed by atoms with van der Waals surface area (Å²) in [6, 6.07) is 8.55. The van der Waals surface area contributed by atoms with E-state index < -0.39 is 0 Å². The fourth-order valence-corrected chi connectivity index (χ4v) is 3.01. The molecule has 0 N–H and O–H groups in total. The minimum absolute atomic E-state index is 0.324. The number of rotatable bonds is 3. The van der Waals surface area contributed by atoms with Crippen LogP contribution in [0.15, 0.2) is 28.7 Å². The van der Waals surface area contributed by atoms with Crippen molar-refractivity contribution < 1.29 is 4.79 Å². The molecule has 3 heteroatoms. The fourth-order valence-electron chi connectivity index (χ4n) is 2.59. The molecule has 1 aromatic carbocycles. The summed E-state index contributed by atoms with van der Waals surface area (Å²) in [4.78, 5) is 13.8. The Morgan fingerprint density at radius 3 is 2.72 bits per heavy atom. The molecular weight excluding hydrogens is 290 g/mol. The number of piperidine rings is 1. The maximum Gasteiger partial charge on any atom is 0.222 e. The first-order valence-electron chi connectivity index (χ1n) is 6.74. The van der Waals surface area contributed by atoms with Crippen molar-refractivity contribution in [3.63, 3.8) is 0 Å². The third-order valence-electron chi connectivity index (χ3n) is 3.63. The predicted molar refractivity (Wildman–Crippen MR) is 77.6 cm³/mol. The molecule has 0 aliphatic carbocycles. The summed E-state index contributed by atoms with van der Waals surface area (Å²) < 4.78 is 1.14. The number of carbonyl (C=O) groups excluding carboxylic acids is 1. The molecular formula is C15H20BrNO. The monoisotopic (exact) mass is 309 g/mol. The predicted octanol–water partition coefficient (Wildman–Crippen LogP) is 3.96. The number of amides is 1. The number of benzene rings is 1. The average Bonchev–Trinajstić information content (AvgIpc) is 2.39. The van der Waals surface area contributed by atoms with E-state index in [1.807, 2.05) is 4.90 Å². The van der Waals surface area contributed by atoms with Gasteiger partial charge in [-0.1, -0.05) is 35.0 Å². The second-order valence-corrected chi connectivity index (χ2v) is 5.88. The number of hydrogen-bond donors (Lipinski definition) is 0. The summed E-state index contributed by atoms with van der Waals surface area (Å²) in [7, 11) is 0. The Hall–Kier alpha value is -0.830. The van der Waals surface area contributed by atoms with Crippen molar-refractivity contribution in [1.82, 2.24) is 4.90 Å². The van der Waals surface area contributed by atoms with E-state index in [0.29, 0.717) is 18.2 Å². The van der Waals surface area contributed by atoms with Gasteiger partial charge in [0.1, 0.15) is 0 Å². The van der Waals surface area contributed by atoms with Crippen molar-refractivity contribution in [2.75, 3.05) is 13.1 Å². The molecule has 0 bridgehead atoms. The van der Waals surface area contributed by atoms with Crippen LogP contribution in [0.3, 0.4) is 0 Å². The normalized spacial score (nSPS) is 16.9. The topological polar surface area (TPSA) is 20.3 Å². The first-order chi connectivity index (χ1) is 8.70. The van der Waals surface area contributed by atoms with Gasteiger partial charge in [-0.25, -0.2) is 0 Å². The summed E-state index contributed by atoms with van der Waals surface area (Å²) in [5, 5.41) is 0. The Morgan fingerprint density at radius 2 is 2.11 bits per heavy atom. The van der Waals surface area contributed by atoms with Gasteiger partial charge in [-0.2, -0.15) is 0 Å². The molecule has 1 aromatic rings. The second kappa shape index (κ2) is 6.37. The molecule has 0 saturated carbocycles. The van der Waals surface area contributed by atoms with Crippen molar-refractivity contribution >= 4 is 21.8 Å². The van der Waals surface area contributed by atoms with Crippen molar-refractivity contribution in [3.05, 3.63) is 34.3 Å². The molecule has 0 radical (unpaired) electrons. The van der Waals surface area contributed by atoms with Gasteiger partial charge in [0.2, 0.25) is 5.91 Å². The summed E-state index contributed by atoms with van der Waals surface area (Å²) >= 11 is 3.52. The molecule has 0 spiro atoms. The second-order valence-electron chi connectivity index (χ2n) is 4.96. The van der Waals surface area contributed by atoms with E-state index in [0.717, 1.165) is 36.8 Å². The SMILES string of the molecule is CCCC(=O)N1CCC(c2cccc(Br)c2)CC1. The van der Waals surface area contributed by atoms with E-state index in [1.54, 1.807) is 0 Å². The van der Waals surface area contributed by atoms with Crippen LogP contribution in [0.1, 0.15) is 44.1 Å². The number of likely N-dealkylation sites (tertiary alicyclic amines) is 1. The molecule has 1 aliphatic rings. The number of hydrogen-bond acceptors (Lipinski definition) is 1. The lowest BCUT2D eigenvalue weighted by molar-refractivity contribution is -0.132. The van der Waals surface area contributed by atoms with Gasteiger partial charge >= 0.3 is 0 Å². The highest BCUT2D eigenvalue weighted by Gasteiger charge is 2.23. The van der Waals surface area contributed by atoms with E-state index in [4.69, 9.17) is 0 Å². The lowest BCUT2D eigenvalue weighted by Crippen LogP contribution is -2.37. The van der Waals surface area contributed by atoms with Gasteiger partial charge in [-0.3, -0.25) is 4.79 Å². The van der Waals surface area contributed by atoms with Gasteiger partial charge in [0.25, 0.3) is 0 Å². The molecule has 1 aliphatic heterocycles. The van der Waals surface area contributed by atoms with Crippen molar-refractivity contribution in [1.29, 1.82) is 0 Å². The number of nitrogens with zero attached hydrogens (tertiary/aromatic N) is 1. The van der Waals surface area contributed by atoms with Gasteiger partial charge in [-0.05, 0) is 42.9 Å². The van der Waals surface area contributed by atoms with E-state index >= 15 is 0 Å². The molecule has 18 heavy (non-hydrogen) atoms. The Balaban J connectivity index is 1.92. The van der Waals surface area contributed by atoms with Crippen LogP contribution in [-0.4, -0.2) is 23.9 Å². The molecule has 1 amide bonds. The van der Waals surface area contributed by atoms with Gasteiger partial charge in [-0.15, -0.1) is 0 Å². The average molecular weight is 310 g/mol. The molecule has 0 aromatic heterocycles. The molecule has 2 rings (SSSR count). The van der Waals surface area contributed by atoms with Crippen LogP contribution in [0.25, 0.3) is 0 Å². The zero-order valence-electron chi connectivity index (χ0n) is 10.9. The summed E-state index contributed by atoms with van der Waals surface area (Å²) in [5.74, 6) is 0.929. The minimum Gasteiger partial charge on any atom is -0.343 e. The molecule has 0 unspecified atom stereocenters. The highest BCUT2D eigenvalue weighted by molar-refractivity contribution is 9.10. The van der Waals surface area contributed by atoms with Crippen LogP contribution in [0.4, 0.5) is 0 Å². The Kier molecular flexibility index (Phi) is 4.81. The highest BCUT2D eigenvalue weighted by atomic mass is 79.9. The van der Waals surface area contributed by atoms with E-state index in [-0.39, 0.29) is 0 Å². The first kappa shape index (κ1) is 13.6. The zero-order valence-corrected chi connectivity index (χ0v) is 12.4. The Bertz CT molecular complexity index is 411. The van der Waals surface area contributed by atoms with Crippen LogP contribution in [0.5, 0.6) is 0 Å². The molecule has 1 heterocycles. The maximum atomic E-state index is 11.8. The van der Waals surface area contributed by atoms with Crippen LogP contribution < -0.4 is 0 Å². The van der Waals surface area contributed by atoms with E-state index in [1.165, 1.54) is 5.56 Å². The summed E-state index contributed by atoms with van der Waals surface area (Å²) in [6.07, 6.45) is 3.82. The molecule has 0 atom stereocenters. The first-order valence-corrected chi connectivity index (χ1v) is 7.53. The largest absolute Gasteiger partial charge is 0.343 e. The summed E-state index contributed by atoms with van der Waals surface area (Å²) in [5.41, 5.74) is 1.40. The maximum absolute atomic E-state index is 11.8. The molecule has 2 nitrogen and oxygen atoms in total. The quantitative estimate of drug-likeness (QED) is 0.827. The van der Waals surface area contributed by atoms with Gasteiger partial charge in [0.05, 0.1) is 0 Å². The fraction of sp³-hybridized carbons (Fsp3) is 0.533. The van der Waals surface area contributed by atoms with Gasteiger partial charge in [0, 0.05) is 24.0 Å².